The van der Waals surface area contributed by atoms with Crippen molar-refractivity contribution in [3.63, 3.8) is 0 Å². The first kappa shape index (κ1) is 22.7. The third kappa shape index (κ3) is 5.95. The number of carbonyl (C=O) groups excluding carboxylic acids is 2. The summed E-state index contributed by atoms with van der Waals surface area (Å²) in [6.07, 6.45) is 2.75. The first-order valence-corrected chi connectivity index (χ1v) is 8.94. The molecule has 0 saturated heterocycles. The Morgan fingerprint density at radius 1 is 1.04 bits per heavy atom. The number of amides is 1. The predicted molar refractivity (Wildman–Crippen MR) is 99.7 cm³/mol. The second-order valence-electron chi connectivity index (χ2n) is 8.44. The molecule has 0 fully saturated rings. The zero-order chi connectivity index (χ0) is 19.2. The van der Waals surface area contributed by atoms with Gasteiger partial charge in [-0.15, -0.1) is 0 Å². The molecule has 0 radical (unpaired) electrons. The van der Waals surface area contributed by atoms with Crippen LogP contribution in [0.15, 0.2) is 12.2 Å². The van der Waals surface area contributed by atoms with E-state index in [0.29, 0.717) is 12.1 Å². The minimum atomic E-state index is -0.486. The van der Waals surface area contributed by atoms with Gasteiger partial charge in [0.15, 0.2) is 0 Å². The summed E-state index contributed by atoms with van der Waals surface area (Å²) in [7, 11) is 0. The van der Waals surface area contributed by atoms with Gasteiger partial charge < -0.3 is 10.1 Å². The molecular formula is C20H37NO3. The zero-order valence-electron chi connectivity index (χ0n) is 17.0. The standard InChI is InChI=1S/C20H37NO3/c1-10-18(5,6)14-20(9,19(7,8)11-2)17(23)21-12-13-24-16(22)15(3)4/h3,10-14H2,1-2,4-9H3,(H,21,23). The third-order valence-electron chi connectivity index (χ3n) is 5.64. The molecule has 0 heterocycles. The fraction of sp³-hybridized carbons (Fsp3) is 0.800. The summed E-state index contributed by atoms with van der Waals surface area (Å²) >= 11 is 0. The Kier molecular flexibility index (Phi) is 8.20. The molecule has 0 aromatic heterocycles. The maximum Gasteiger partial charge on any atom is 0.333 e. The third-order valence-corrected chi connectivity index (χ3v) is 5.64. The highest BCUT2D eigenvalue weighted by Gasteiger charge is 2.48. The van der Waals surface area contributed by atoms with Crippen LogP contribution >= 0.6 is 0 Å². The Morgan fingerprint density at radius 3 is 2.00 bits per heavy atom. The minimum absolute atomic E-state index is 0.0299. The number of esters is 1. The van der Waals surface area contributed by atoms with Crippen LogP contribution in [-0.2, 0) is 14.3 Å². The number of carbonyl (C=O) groups is 2. The highest BCUT2D eigenvalue weighted by molar-refractivity contribution is 5.87. The molecule has 0 spiro atoms. The van der Waals surface area contributed by atoms with E-state index in [1.165, 1.54) is 0 Å². The predicted octanol–water partition coefficient (Wildman–Crippen LogP) is 4.49. The SMILES string of the molecule is C=C(C)C(=O)OCCNC(=O)C(C)(CC(C)(C)CC)C(C)(C)CC. The molecule has 0 bridgehead atoms. The van der Waals surface area contributed by atoms with Gasteiger partial charge in [0, 0.05) is 5.57 Å². The van der Waals surface area contributed by atoms with E-state index in [-0.39, 0.29) is 23.3 Å². The normalized spacial score (nSPS) is 14.7. The van der Waals surface area contributed by atoms with Crippen molar-refractivity contribution < 1.29 is 14.3 Å². The van der Waals surface area contributed by atoms with Crippen LogP contribution in [0.5, 0.6) is 0 Å². The van der Waals surface area contributed by atoms with Gasteiger partial charge in [0.25, 0.3) is 0 Å². The van der Waals surface area contributed by atoms with E-state index in [2.05, 4.69) is 60.4 Å². The van der Waals surface area contributed by atoms with Crippen LogP contribution in [0.3, 0.4) is 0 Å². The lowest BCUT2D eigenvalue weighted by molar-refractivity contribution is -0.143. The number of hydrogen-bond donors (Lipinski definition) is 1. The summed E-state index contributed by atoms with van der Waals surface area (Å²) < 4.78 is 5.05. The first-order valence-electron chi connectivity index (χ1n) is 8.94. The molecule has 0 aromatic carbocycles. The van der Waals surface area contributed by atoms with Crippen LogP contribution < -0.4 is 5.32 Å². The largest absolute Gasteiger partial charge is 0.460 e. The van der Waals surface area contributed by atoms with E-state index in [1.807, 2.05) is 0 Å². The minimum Gasteiger partial charge on any atom is -0.460 e. The highest BCUT2D eigenvalue weighted by Crippen LogP contribution is 2.49. The van der Waals surface area contributed by atoms with Crippen molar-refractivity contribution in [1.29, 1.82) is 0 Å². The average Bonchev–Trinajstić information content (AvgIpc) is 2.50. The smallest absolute Gasteiger partial charge is 0.333 e. The molecular weight excluding hydrogens is 302 g/mol. The zero-order valence-corrected chi connectivity index (χ0v) is 17.0. The molecule has 0 rings (SSSR count). The highest BCUT2D eigenvalue weighted by atomic mass is 16.5. The Morgan fingerprint density at radius 2 is 1.58 bits per heavy atom. The lowest BCUT2D eigenvalue weighted by Crippen LogP contribution is -2.50. The van der Waals surface area contributed by atoms with E-state index >= 15 is 0 Å². The fourth-order valence-corrected chi connectivity index (χ4v) is 2.73. The van der Waals surface area contributed by atoms with Crippen molar-refractivity contribution in [2.24, 2.45) is 16.2 Å². The van der Waals surface area contributed by atoms with E-state index in [9.17, 15) is 9.59 Å². The van der Waals surface area contributed by atoms with E-state index in [0.717, 1.165) is 19.3 Å². The van der Waals surface area contributed by atoms with Crippen molar-refractivity contribution >= 4 is 11.9 Å². The Balaban J connectivity index is 5.01. The van der Waals surface area contributed by atoms with Gasteiger partial charge >= 0.3 is 5.97 Å². The second-order valence-corrected chi connectivity index (χ2v) is 8.44. The van der Waals surface area contributed by atoms with Crippen molar-refractivity contribution in [3.05, 3.63) is 12.2 Å². The average molecular weight is 340 g/mol. The van der Waals surface area contributed by atoms with Gasteiger partial charge in [-0.05, 0) is 30.6 Å². The summed E-state index contributed by atoms with van der Waals surface area (Å²) in [6.45, 7) is 20.7. The molecule has 0 saturated carbocycles. The quantitative estimate of drug-likeness (QED) is 0.362. The maximum absolute atomic E-state index is 13.0. The van der Waals surface area contributed by atoms with Gasteiger partial charge in [0.2, 0.25) is 5.91 Å². The van der Waals surface area contributed by atoms with Gasteiger partial charge in [-0.25, -0.2) is 4.79 Å². The lowest BCUT2D eigenvalue weighted by atomic mass is 9.58. The molecule has 1 amide bonds. The molecule has 24 heavy (non-hydrogen) atoms. The molecule has 4 heteroatoms. The molecule has 140 valence electrons. The monoisotopic (exact) mass is 339 g/mol. The Bertz CT molecular complexity index is 466. The van der Waals surface area contributed by atoms with Gasteiger partial charge in [0.1, 0.15) is 6.61 Å². The Labute approximate surface area is 148 Å². The van der Waals surface area contributed by atoms with Gasteiger partial charge in [-0.1, -0.05) is 61.5 Å². The van der Waals surface area contributed by atoms with Crippen molar-refractivity contribution in [2.45, 2.75) is 74.7 Å². The summed E-state index contributed by atoms with van der Waals surface area (Å²) in [5.41, 5.74) is -0.161. The topological polar surface area (TPSA) is 55.4 Å². The van der Waals surface area contributed by atoms with Crippen LogP contribution in [0.25, 0.3) is 0 Å². The molecule has 4 nitrogen and oxygen atoms in total. The molecule has 1 atom stereocenters. The second kappa shape index (κ2) is 8.68. The molecule has 0 aliphatic carbocycles. The van der Waals surface area contributed by atoms with Crippen LogP contribution in [0, 0.1) is 16.2 Å². The number of rotatable bonds is 10. The van der Waals surface area contributed by atoms with Gasteiger partial charge in [-0.3, -0.25) is 4.79 Å². The van der Waals surface area contributed by atoms with E-state index in [4.69, 9.17) is 4.74 Å². The molecule has 0 aromatic rings. The van der Waals surface area contributed by atoms with E-state index < -0.39 is 11.4 Å². The van der Waals surface area contributed by atoms with Crippen LogP contribution in [0.4, 0.5) is 0 Å². The van der Waals surface area contributed by atoms with Gasteiger partial charge in [0.05, 0.1) is 12.0 Å². The number of hydrogen-bond acceptors (Lipinski definition) is 3. The lowest BCUT2D eigenvalue weighted by Gasteiger charge is -2.46. The van der Waals surface area contributed by atoms with Crippen LogP contribution in [0.2, 0.25) is 0 Å². The summed E-state index contributed by atoms with van der Waals surface area (Å²) in [5, 5.41) is 2.96. The van der Waals surface area contributed by atoms with E-state index in [1.54, 1.807) is 6.92 Å². The first-order chi connectivity index (χ1) is 10.8. The molecule has 1 unspecified atom stereocenters. The number of nitrogens with one attached hydrogen (secondary N) is 1. The van der Waals surface area contributed by atoms with Crippen LogP contribution in [-0.4, -0.2) is 25.0 Å². The summed E-state index contributed by atoms with van der Waals surface area (Å²) in [4.78, 5) is 24.4. The Hall–Kier alpha value is -1.32. The maximum atomic E-state index is 13.0. The number of ether oxygens (including phenoxy) is 1. The van der Waals surface area contributed by atoms with Gasteiger partial charge in [-0.2, -0.15) is 0 Å². The van der Waals surface area contributed by atoms with Crippen molar-refractivity contribution in [3.8, 4) is 0 Å². The molecule has 0 aliphatic heterocycles. The molecule has 0 aliphatic rings. The van der Waals surface area contributed by atoms with Crippen molar-refractivity contribution in [2.75, 3.05) is 13.2 Å². The summed E-state index contributed by atoms with van der Waals surface area (Å²) in [6, 6.07) is 0. The molecule has 1 N–H and O–H groups in total. The van der Waals surface area contributed by atoms with Crippen molar-refractivity contribution in [1.82, 2.24) is 5.32 Å². The summed E-state index contributed by atoms with van der Waals surface area (Å²) in [5.74, 6) is -0.393. The fourth-order valence-electron chi connectivity index (χ4n) is 2.73. The van der Waals surface area contributed by atoms with Crippen LogP contribution in [0.1, 0.15) is 74.7 Å².